The summed E-state index contributed by atoms with van der Waals surface area (Å²) in [6.45, 7) is 2.15. The van der Waals surface area contributed by atoms with Crippen LogP contribution in [0, 0.1) is 0 Å². The van der Waals surface area contributed by atoms with Crippen LogP contribution in [-0.2, 0) is 11.2 Å². The lowest BCUT2D eigenvalue weighted by Gasteiger charge is -2.01. The van der Waals surface area contributed by atoms with Crippen LogP contribution >= 0.6 is 11.6 Å². The van der Waals surface area contributed by atoms with Gasteiger partial charge in [-0.1, -0.05) is 49.2 Å². The van der Waals surface area contributed by atoms with E-state index in [1.54, 1.807) is 0 Å². The third-order valence-corrected chi connectivity index (χ3v) is 2.33. The van der Waals surface area contributed by atoms with Gasteiger partial charge in [0, 0.05) is 0 Å². The number of carbonyl (C=O) groups excluding carboxylic acids is 1. The Balaban J connectivity index is 2.82. The Morgan fingerprint density at radius 2 is 2.00 bits per heavy atom. The summed E-state index contributed by atoms with van der Waals surface area (Å²) in [5.74, 6) is 0. The fourth-order valence-corrected chi connectivity index (χ4v) is 1.45. The number of carbonyl (C=O) groups is 1. The van der Waals surface area contributed by atoms with Crippen LogP contribution in [0.4, 0.5) is 0 Å². The number of aldehydes is 1. The van der Waals surface area contributed by atoms with Gasteiger partial charge in [-0.3, -0.25) is 4.79 Å². The molecule has 0 aliphatic heterocycles. The van der Waals surface area contributed by atoms with Crippen molar-refractivity contribution in [1.29, 1.82) is 0 Å². The van der Waals surface area contributed by atoms with Crippen molar-refractivity contribution in [3.63, 3.8) is 0 Å². The molecule has 0 aliphatic rings. The standard InChI is InChI=1S/C12H13ClO/c1-2-3-10-4-6-11(7-5-10)12(13)8-9-14/h4-9H,2-3H2,1H3/b12-8-. The Morgan fingerprint density at radius 1 is 1.36 bits per heavy atom. The Morgan fingerprint density at radius 3 is 2.50 bits per heavy atom. The maximum absolute atomic E-state index is 10.2. The van der Waals surface area contributed by atoms with Gasteiger partial charge in [0.1, 0.15) is 6.29 Å². The van der Waals surface area contributed by atoms with E-state index < -0.39 is 0 Å². The summed E-state index contributed by atoms with van der Waals surface area (Å²) in [5.41, 5.74) is 2.19. The quantitative estimate of drug-likeness (QED) is 0.548. The molecule has 0 aromatic heterocycles. The molecule has 0 radical (unpaired) electrons. The Bertz CT molecular complexity index is 325. The zero-order valence-corrected chi connectivity index (χ0v) is 8.92. The topological polar surface area (TPSA) is 17.1 Å². The third-order valence-electron chi connectivity index (χ3n) is 1.98. The lowest BCUT2D eigenvalue weighted by atomic mass is 10.1. The monoisotopic (exact) mass is 208 g/mol. The van der Waals surface area contributed by atoms with E-state index in [0.29, 0.717) is 11.3 Å². The van der Waals surface area contributed by atoms with E-state index in [-0.39, 0.29) is 0 Å². The number of aryl methyl sites for hydroxylation is 1. The van der Waals surface area contributed by atoms with Crippen molar-refractivity contribution >= 4 is 22.9 Å². The molecule has 1 aromatic rings. The van der Waals surface area contributed by atoms with Gasteiger partial charge >= 0.3 is 0 Å². The summed E-state index contributed by atoms with van der Waals surface area (Å²) in [7, 11) is 0. The van der Waals surface area contributed by atoms with Gasteiger partial charge in [0.15, 0.2) is 0 Å². The largest absolute Gasteiger partial charge is 0.299 e. The SMILES string of the molecule is CCCc1ccc(/C(Cl)=C/C=O)cc1. The van der Waals surface area contributed by atoms with Crippen molar-refractivity contribution in [1.82, 2.24) is 0 Å². The van der Waals surface area contributed by atoms with Gasteiger partial charge < -0.3 is 0 Å². The number of rotatable bonds is 4. The van der Waals surface area contributed by atoms with E-state index in [9.17, 15) is 4.79 Å². The van der Waals surface area contributed by atoms with Crippen molar-refractivity contribution in [2.45, 2.75) is 19.8 Å². The summed E-state index contributed by atoms with van der Waals surface area (Å²) in [4.78, 5) is 10.2. The van der Waals surface area contributed by atoms with E-state index in [2.05, 4.69) is 6.92 Å². The maximum atomic E-state index is 10.2. The summed E-state index contributed by atoms with van der Waals surface area (Å²) in [6.07, 6.45) is 4.27. The first-order valence-corrected chi connectivity index (χ1v) is 5.06. The molecule has 0 aliphatic carbocycles. The molecule has 0 saturated heterocycles. The molecule has 0 fully saturated rings. The van der Waals surface area contributed by atoms with Gasteiger partial charge in [0.05, 0.1) is 5.03 Å². The molecule has 14 heavy (non-hydrogen) atoms. The third kappa shape index (κ3) is 3.00. The molecule has 2 heteroatoms. The lowest BCUT2D eigenvalue weighted by Crippen LogP contribution is -1.84. The minimum absolute atomic E-state index is 0.489. The first-order valence-electron chi connectivity index (χ1n) is 4.68. The highest BCUT2D eigenvalue weighted by Gasteiger charge is 1.97. The molecule has 0 bridgehead atoms. The molecular formula is C12H13ClO. The molecule has 1 aromatic carbocycles. The van der Waals surface area contributed by atoms with Crippen LogP contribution in [0.5, 0.6) is 0 Å². The molecule has 1 nitrogen and oxygen atoms in total. The number of benzene rings is 1. The first-order chi connectivity index (χ1) is 6.77. The molecule has 0 N–H and O–H groups in total. The van der Waals surface area contributed by atoms with Crippen LogP contribution in [0.1, 0.15) is 24.5 Å². The van der Waals surface area contributed by atoms with Crippen LogP contribution in [-0.4, -0.2) is 6.29 Å². The van der Waals surface area contributed by atoms with E-state index in [0.717, 1.165) is 18.4 Å². The molecule has 0 heterocycles. The van der Waals surface area contributed by atoms with Gasteiger partial charge in [-0.15, -0.1) is 0 Å². The average molecular weight is 209 g/mol. The maximum Gasteiger partial charge on any atom is 0.144 e. The van der Waals surface area contributed by atoms with Gasteiger partial charge in [-0.05, 0) is 23.6 Å². The van der Waals surface area contributed by atoms with Crippen molar-refractivity contribution < 1.29 is 4.79 Å². The summed E-state index contributed by atoms with van der Waals surface area (Å²) in [5, 5.41) is 0.489. The zero-order valence-electron chi connectivity index (χ0n) is 8.16. The van der Waals surface area contributed by atoms with Crippen molar-refractivity contribution in [3.05, 3.63) is 41.5 Å². The van der Waals surface area contributed by atoms with Crippen LogP contribution < -0.4 is 0 Å². The van der Waals surface area contributed by atoms with E-state index in [1.165, 1.54) is 11.6 Å². The predicted octanol–water partition coefficient (Wildman–Crippen LogP) is 3.42. The fourth-order valence-electron chi connectivity index (χ4n) is 1.28. The van der Waals surface area contributed by atoms with E-state index in [1.807, 2.05) is 24.3 Å². The summed E-state index contributed by atoms with van der Waals surface area (Å²) < 4.78 is 0. The number of hydrogen-bond acceptors (Lipinski definition) is 1. The fraction of sp³-hybridized carbons (Fsp3) is 0.250. The van der Waals surface area contributed by atoms with Crippen LogP contribution in [0.2, 0.25) is 0 Å². The molecule has 74 valence electrons. The predicted molar refractivity (Wildman–Crippen MR) is 60.3 cm³/mol. The Labute approximate surface area is 89.4 Å². The summed E-state index contributed by atoms with van der Waals surface area (Å²) >= 11 is 5.87. The van der Waals surface area contributed by atoms with Crippen LogP contribution in [0.15, 0.2) is 30.3 Å². The van der Waals surface area contributed by atoms with Crippen LogP contribution in [0.3, 0.4) is 0 Å². The highest BCUT2D eigenvalue weighted by Crippen LogP contribution is 2.18. The van der Waals surface area contributed by atoms with Gasteiger partial charge in [0.2, 0.25) is 0 Å². The average Bonchev–Trinajstić information content (AvgIpc) is 2.20. The van der Waals surface area contributed by atoms with Crippen LogP contribution in [0.25, 0.3) is 5.03 Å². The van der Waals surface area contributed by atoms with Crippen molar-refractivity contribution in [2.75, 3.05) is 0 Å². The molecular weight excluding hydrogens is 196 g/mol. The second-order valence-corrected chi connectivity index (χ2v) is 3.50. The minimum Gasteiger partial charge on any atom is -0.299 e. The van der Waals surface area contributed by atoms with Gasteiger partial charge in [0.25, 0.3) is 0 Å². The second-order valence-electron chi connectivity index (χ2n) is 3.10. The van der Waals surface area contributed by atoms with E-state index >= 15 is 0 Å². The smallest absolute Gasteiger partial charge is 0.144 e. The first kappa shape index (κ1) is 11.0. The zero-order chi connectivity index (χ0) is 10.4. The minimum atomic E-state index is 0.489. The molecule has 0 amide bonds. The molecule has 0 spiro atoms. The van der Waals surface area contributed by atoms with Gasteiger partial charge in [-0.25, -0.2) is 0 Å². The number of halogens is 1. The highest BCUT2D eigenvalue weighted by molar-refractivity contribution is 6.49. The lowest BCUT2D eigenvalue weighted by molar-refractivity contribution is -0.104. The number of hydrogen-bond donors (Lipinski definition) is 0. The number of allylic oxidation sites excluding steroid dienone is 1. The Kier molecular flexibility index (Phi) is 4.41. The molecule has 1 rings (SSSR count). The highest BCUT2D eigenvalue weighted by atomic mass is 35.5. The summed E-state index contributed by atoms with van der Waals surface area (Å²) in [6, 6.07) is 7.96. The molecule has 0 atom stereocenters. The van der Waals surface area contributed by atoms with E-state index in [4.69, 9.17) is 11.6 Å². The normalized spacial score (nSPS) is 11.4. The molecule has 0 saturated carbocycles. The second kappa shape index (κ2) is 5.61. The van der Waals surface area contributed by atoms with Gasteiger partial charge in [-0.2, -0.15) is 0 Å². The van der Waals surface area contributed by atoms with Crippen molar-refractivity contribution in [3.8, 4) is 0 Å². The molecule has 0 unspecified atom stereocenters. The van der Waals surface area contributed by atoms with Crippen molar-refractivity contribution in [2.24, 2.45) is 0 Å². The Hall–Kier alpha value is -1.08.